The van der Waals surface area contributed by atoms with Crippen LogP contribution in [0.2, 0.25) is 0 Å². The number of nitrogens with two attached hydrogens (primary N) is 1. The second-order valence-corrected chi connectivity index (χ2v) is 4.84. The van der Waals surface area contributed by atoms with E-state index in [0.717, 1.165) is 16.5 Å². The fourth-order valence-corrected chi connectivity index (χ4v) is 2.19. The Morgan fingerprint density at radius 3 is 2.94 bits per heavy atom. The number of urea groups is 1. The van der Waals surface area contributed by atoms with Crippen molar-refractivity contribution >= 4 is 22.0 Å². The minimum absolute atomic E-state index is 0.215. The number of amides is 2. The second-order valence-electron chi connectivity index (χ2n) is 3.99. The number of hydrogen-bond acceptors (Lipinski definition) is 2. The van der Waals surface area contributed by atoms with Crippen molar-refractivity contribution < 1.29 is 9.18 Å². The lowest BCUT2D eigenvalue weighted by molar-refractivity contribution is 0.127. The van der Waals surface area contributed by atoms with Gasteiger partial charge in [0.1, 0.15) is 5.82 Å². The van der Waals surface area contributed by atoms with Gasteiger partial charge in [-0.3, -0.25) is 5.01 Å². The predicted molar refractivity (Wildman–Crippen MR) is 65.4 cm³/mol. The fraction of sp³-hybridized carbons (Fsp3) is 0.364. The van der Waals surface area contributed by atoms with E-state index in [2.05, 4.69) is 15.9 Å². The lowest BCUT2D eigenvalue weighted by Crippen LogP contribution is -2.52. The van der Waals surface area contributed by atoms with Gasteiger partial charge in [-0.1, -0.05) is 15.9 Å². The maximum Gasteiger partial charge on any atom is 0.334 e. The lowest BCUT2D eigenvalue weighted by atomic mass is 10.2. The zero-order valence-electron chi connectivity index (χ0n) is 9.20. The van der Waals surface area contributed by atoms with E-state index in [1.165, 1.54) is 17.1 Å². The number of carbonyl (C=O) groups is 1. The van der Waals surface area contributed by atoms with E-state index >= 15 is 0 Å². The highest BCUT2D eigenvalue weighted by molar-refractivity contribution is 9.10. The first kappa shape index (κ1) is 12.3. The normalized spacial score (nSPS) is 16.5. The molecule has 17 heavy (non-hydrogen) atoms. The Bertz CT molecular complexity index is 441. The Kier molecular flexibility index (Phi) is 3.63. The molecule has 4 nitrogen and oxygen atoms in total. The van der Waals surface area contributed by atoms with Gasteiger partial charge in [-0.05, 0) is 30.2 Å². The Morgan fingerprint density at radius 1 is 1.41 bits per heavy atom. The largest absolute Gasteiger partial charge is 0.334 e. The van der Waals surface area contributed by atoms with Gasteiger partial charge in [0.25, 0.3) is 0 Å². The topological polar surface area (TPSA) is 49.6 Å². The zero-order valence-corrected chi connectivity index (χ0v) is 10.8. The molecular weight excluding hydrogens is 289 g/mol. The molecule has 1 heterocycles. The summed E-state index contributed by atoms with van der Waals surface area (Å²) in [5.74, 6) is 5.24. The molecule has 92 valence electrons. The fourth-order valence-electron chi connectivity index (χ4n) is 1.82. The summed E-state index contributed by atoms with van der Waals surface area (Å²) in [6, 6.07) is 4.22. The van der Waals surface area contributed by atoms with Crippen LogP contribution in [0.15, 0.2) is 22.7 Å². The van der Waals surface area contributed by atoms with Gasteiger partial charge in [-0.25, -0.2) is 15.0 Å². The number of halogens is 2. The van der Waals surface area contributed by atoms with Crippen LogP contribution in [0.5, 0.6) is 0 Å². The van der Waals surface area contributed by atoms with E-state index in [1.807, 2.05) is 0 Å². The highest BCUT2D eigenvalue weighted by Crippen LogP contribution is 2.21. The third-order valence-corrected chi connectivity index (χ3v) is 3.49. The molecule has 0 aromatic heterocycles. The zero-order chi connectivity index (χ0) is 12.4. The molecule has 1 aromatic rings. The molecule has 2 N–H and O–H groups in total. The molecule has 0 unspecified atom stereocenters. The van der Waals surface area contributed by atoms with Gasteiger partial charge in [-0.2, -0.15) is 0 Å². The molecule has 0 radical (unpaired) electrons. The Morgan fingerprint density at radius 2 is 2.18 bits per heavy atom. The highest BCUT2D eigenvalue weighted by Gasteiger charge is 2.23. The molecule has 1 aromatic carbocycles. The van der Waals surface area contributed by atoms with Crippen LogP contribution in [0.1, 0.15) is 12.0 Å². The van der Waals surface area contributed by atoms with Gasteiger partial charge >= 0.3 is 6.03 Å². The van der Waals surface area contributed by atoms with Crippen LogP contribution in [-0.2, 0) is 6.54 Å². The number of rotatable bonds is 2. The summed E-state index contributed by atoms with van der Waals surface area (Å²) in [5, 5.41) is 1.19. The molecule has 0 saturated carbocycles. The standard InChI is InChI=1S/C11H13BrFN3O/c12-10-3-2-9(13)6-8(10)7-15-4-1-5-16(14)11(15)17/h2-3,6H,1,4-5,7,14H2. The average Bonchev–Trinajstić information content (AvgIpc) is 2.30. The number of benzene rings is 1. The monoisotopic (exact) mass is 301 g/mol. The minimum atomic E-state index is -0.308. The van der Waals surface area contributed by atoms with Gasteiger partial charge in [0.05, 0.1) is 0 Å². The quantitative estimate of drug-likeness (QED) is 0.672. The van der Waals surface area contributed by atoms with Crippen molar-refractivity contribution in [1.29, 1.82) is 0 Å². The molecule has 1 aliphatic heterocycles. The van der Waals surface area contributed by atoms with Crippen LogP contribution in [0.4, 0.5) is 9.18 Å². The van der Waals surface area contributed by atoms with Crippen LogP contribution in [0, 0.1) is 5.82 Å². The molecule has 1 fully saturated rings. The van der Waals surface area contributed by atoms with E-state index in [-0.39, 0.29) is 11.8 Å². The third kappa shape index (κ3) is 2.76. The molecule has 0 bridgehead atoms. The van der Waals surface area contributed by atoms with E-state index in [1.54, 1.807) is 11.0 Å². The predicted octanol–water partition coefficient (Wildman–Crippen LogP) is 2.09. The molecular formula is C11H13BrFN3O. The average molecular weight is 302 g/mol. The van der Waals surface area contributed by atoms with E-state index in [0.29, 0.717) is 19.6 Å². The van der Waals surface area contributed by atoms with Crippen LogP contribution >= 0.6 is 15.9 Å². The lowest BCUT2D eigenvalue weighted by Gasteiger charge is -2.32. The minimum Gasteiger partial charge on any atom is -0.319 e. The summed E-state index contributed by atoms with van der Waals surface area (Å²) >= 11 is 3.34. The van der Waals surface area contributed by atoms with Crippen LogP contribution in [-0.4, -0.2) is 29.0 Å². The molecule has 6 heteroatoms. The first-order valence-electron chi connectivity index (χ1n) is 5.33. The van der Waals surface area contributed by atoms with Crippen LogP contribution < -0.4 is 5.84 Å². The van der Waals surface area contributed by atoms with Gasteiger partial charge in [0, 0.05) is 24.1 Å². The molecule has 0 atom stereocenters. The molecule has 2 rings (SSSR count). The van der Waals surface area contributed by atoms with Crippen molar-refractivity contribution in [3.05, 3.63) is 34.1 Å². The Hall–Kier alpha value is -1.14. The number of carbonyl (C=O) groups excluding carboxylic acids is 1. The maximum atomic E-state index is 13.1. The highest BCUT2D eigenvalue weighted by atomic mass is 79.9. The van der Waals surface area contributed by atoms with Crippen molar-refractivity contribution in [3.8, 4) is 0 Å². The first-order chi connectivity index (χ1) is 8.08. The summed E-state index contributed by atoms with van der Waals surface area (Å²) < 4.78 is 13.9. The molecule has 1 aliphatic rings. The van der Waals surface area contributed by atoms with Crippen molar-refractivity contribution in [2.24, 2.45) is 5.84 Å². The summed E-state index contributed by atoms with van der Waals surface area (Å²) in [7, 11) is 0. The van der Waals surface area contributed by atoms with E-state index in [9.17, 15) is 9.18 Å². The first-order valence-corrected chi connectivity index (χ1v) is 6.12. The van der Waals surface area contributed by atoms with Crippen LogP contribution in [0.3, 0.4) is 0 Å². The van der Waals surface area contributed by atoms with Crippen LogP contribution in [0.25, 0.3) is 0 Å². The summed E-state index contributed by atoms with van der Waals surface area (Å²) in [5.41, 5.74) is 0.744. The number of nitrogens with zero attached hydrogens (tertiary/aromatic N) is 2. The summed E-state index contributed by atoms with van der Waals surface area (Å²) in [4.78, 5) is 13.4. The third-order valence-electron chi connectivity index (χ3n) is 2.71. The van der Waals surface area contributed by atoms with Crippen molar-refractivity contribution in [2.75, 3.05) is 13.1 Å². The number of hydrogen-bond donors (Lipinski definition) is 1. The smallest absolute Gasteiger partial charge is 0.319 e. The van der Waals surface area contributed by atoms with E-state index < -0.39 is 0 Å². The Balaban J connectivity index is 2.14. The number of hydrazine groups is 1. The SMILES string of the molecule is NN1CCCN(Cc2cc(F)ccc2Br)C1=O. The van der Waals surface area contributed by atoms with Crippen molar-refractivity contribution in [2.45, 2.75) is 13.0 Å². The second kappa shape index (κ2) is 5.01. The van der Waals surface area contributed by atoms with Crippen molar-refractivity contribution in [3.63, 3.8) is 0 Å². The van der Waals surface area contributed by atoms with Gasteiger partial charge < -0.3 is 4.90 Å². The van der Waals surface area contributed by atoms with Gasteiger partial charge in [0.15, 0.2) is 0 Å². The maximum absolute atomic E-state index is 13.1. The summed E-state index contributed by atoms with van der Waals surface area (Å²) in [6.45, 7) is 1.58. The summed E-state index contributed by atoms with van der Waals surface area (Å²) in [6.07, 6.45) is 0.829. The van der Waals surface area contributed by atoms with Gasteiger partial charge in [0.2, 0.25) is 0 Å². The molecule has 2 amide bonds. The molecule has 0 spiro atoms. The molecule has 0 aliphatic carbocycles. The molecule has 1 saturated heterocycles. The van der Waals surface area contributed by atoms with E-state index in [4.69, 9.17) is 5.84 Å². The van der Waals surface area contributed by atoms with Crippen molar-refractivity contribution in [1.82, 2.24) is 9.91 Å². The van der Waals surface area contributed by atoms with Gasteiger partial charge in [-0.15, -0.1) is 0 Å². The Labute approximate surface area is 107 Å².